The Morgan fingerprint density at radius 1 is 0.739 bits per heavy atom. The first-order valence-corrected chi connectivity index (χ1v) is 6.24. The van der Waals surface area contributed by atoms with Crippen molar-refractivity contribution in [1.82, 2.24) is 0 Å². The summed E-state index contributed by atoms with van der Waals surface area (Å²) in [6.45, 7) is 0. The van der Waals surface area contributed by atoms with Gasteiger partial charge in [0, 0.05) is 0 Å². The van der Waals surface area contributed by atoms with Gasteiger partial charge in [-0.25, -0.2) is 4.79 Å². The monoisotopic (exact) mass is 316 g/mol. The Bertz CT molecular complexity index is 897. The third-order valence-electron chi connectivity index (χ3n) is 3.41. The molecule has 1 aliphatic rings. The molecule has 0 amide bonds. The molecular weight excluding hydrogens is 308 g/mol. The number of carboxylic acid groups (broad SMARTS) is 1. The molecule has 0 saturated carbocycles. The summed E-state index contributed by atoms with van der Waals surface area (Å²) in [6.07, 6.45) is -1.72. The van der Waals surface area contributed by atoms with Crippen LogP contribution in [0.25, 0.3) is 0 Å². The van der Waals surface area contributed by atoms with E-state index in [-0.39, 0.29) is 0 Å². The molecule has 8 nitrogen and oxygen atoms in total. The van der Waals surface area contributed by atoms with Gasteiger partial charge in [-0.1, -0.05) is 0 Å². The third-order valence-corrected chi connectivity index (χ3v) is 3.41. The zero-order chi connectivity index (χ0) is 16.9. The molecule has 1 aliphatic carbocycles. The van der Waals surface area contributed by atoms with Crippen LogP contribution in [0.1, 0.15) is 31.8 Å². The second-order valence-corrected chi connectivity index (χ2v) is 4.71. The van der Waals surface area contributed by atoms with Gasteiger partial charge in [-0.05, 0) is 24.3 Å². The first kappa shape index (κ1) is 14.4. The van der Waals surface area contributed by atoms with Crippen molar-refractivity contribution >= 4 is 17.7 Å². The maximum atomic E-state index is 12.6. The smallest absolute Gasteiger partial charge is 0.507 e. The van der Waals surface area contributed by atoms with E-state index >= 15 is 0 Å². The Labute approximate surface area is 127 Å². The number of carbonyl (C=O) groups is 3. The lowest BCUT2D eigenvalue weighted by Crippen LogP contribution is -2.23. The van der Waals surface area contributed by atoms with Gasteiger partial charge in [0.05, 0.1) is 22.3 Å². The van der Waals surface area contributed by atoms with Crippen LogP contribution in [0, 0.1) is 0 Å². The normalized spacial score (nSPS) is 12.5. The standard InChI is InChI=1S/C15H8O8/c16-5-1-2-6(17)10-9(5)13(19)11-7(18)3-4-8(23-15(21)22)12(11)14(10)20/h1-4,16-18H,(H,21,22). The summed E-state index contributed by atoms with van der Waals surface area (Å²) in [5.74, 6) is -4.04. The van der Waals surface area contributed by atoms with Gasteiger partial charge in [-0.15, -0.1) is 0 Å². The van der Waals surface area contributed by atoms with E-state index in [0.29, 0.717) is 0 Å². The van der Waals surface area contributed by atoms with E-state index in [1.165, 1.54) is 0 Å². The number of hydrogen-bond donors (Lipinski definition) is 4. The lowest BCUT2D eigenvalue weighted by molar-refractivity contribution is 0.0966. The zero-order valence-corrected chi connectivity index (χ0v) is 11.2. The summed E-state index contributed by atoms with van der Waals surface area (Å²) < 4.78 is 4.46. The Morgan fingerprint density at radius 2 is 1.13 bits per heavy atom. The summed E-state index contributed by atoms with van der Waals surface area (Å²) in [7, 11) is 0. The number of phenols is 3. The minimum atomic E-state index is -1.72. The average molecular weight is 316 g/mol. The van der Waals surface area contributed by atoms with Crippen LogP contribution in [0.5, 0.6) is 23.0 Å². The number of aromatic hydroxyl groups is 3. The number of phenolic OH excluding ortho intramolecular Hbond substituents is 3. The van der Waals surface area contributed by atoms with Crippen molar-refractivity contribution in [1.29, 1.82) is 0 Å². The Kier molecular flexibility index (Phi) is 2.96. The summed E-state index contributed by atoms with van der Waals surface area (Å²) in [4.78, 5) is 35.8. The fraction of sp³-hybridized carbons (Fsp3) is 0. The lowest BCUT2D eigenvalue weighted by Gasteiger charge is -2.21. The highest BCUT2D eigenvalue weighted by atomic mass is 16.7. The van der Waals surface area contributed by atoms with Crippen LogP contribution in [-0.2, 0) is 0 Å². The number of benzene rings is 2. The fourth-order valence-electron chi connectivity index (χ4n) is 2.50. The van der Waals surface area contributed by atoms with Crippen molar-refractivity contribution in [2.24, 2.45) is 0 Å². The minimum Gasteiger partial charge on any atom is -0.507 e. The highest BCUT2D eigenvalue weighted by Crippen LogP contribution is 2.43. The molecule has 0 radical (unpaired) electrons. The van der Waals surface area contributed by atoms with Gasteiger partial charge >= 0.3 is 6.16 Å². The Hall–Kier alpha value is -3.55. The molecule has 116 valence electrons. The minimum absolute atomic E-state index is 0.461. The molecule has 3 rings (SSSR count). The number of fused-ring (bicyclic) bond motifs is 2. The van der Waals surface area contributed by atoms with Gasteiger partial charge in [0.2, 0.25) is 11.6 Å². The molecule has 0 aromatic heterocycles. The van der Waals surface area contributed by atoms with Crippen LogP contribution in [0.2, 0.25) is 0 Å². The molecule has 23 heavy (non-hydrogen) atoms. The van der Waals surface area contributed by atoms with Crippen LogP contribution in [0.15, 0.2) is 24.3 Å². The molecule has 0 heterocycles. The predicted molar refractivity (Wildman–Crippen MR) is 73.4 cm³/mol. The number of hydrogen-bond acceptors (Lipinski definition) is 7. The Balaban J connectivity index is 2.37. The van der Waals surface area contributed by atoms with E-state index in [1.54, 1.807) is 0 Å². The van der Waals surface area contributed by atoms with Crippen molar-refractivity contribution in [3.05, 3.63) is 46.5 Å². The molecule has 0 aliphatic heterocycles. The SMILES string of the molecule is O=C(O)Oc1ccc(O)c2c1C(=O)c1c(O)ccc(O)c1C2=O. The third kappa shape index (κ3) is 1.96. The van der Waals surface area contributed by atoms with Crippen LogP contribution >= 0.6 is 0 Å². The van der Waals surface area contributed by atoms with Gasteiger partial charge in [0.25, 0.3) is 0 Å². The van der Waals surface area contributed by atoms with E-state index in [0.717, 1.165) is 24.3 Å². The van der Waals surface area contributed by atoms with Gasteiger partial charge < -0.3 is 25.2 Å². The van der Waals surface area contributed by atoms with Gasteiger partial charge in [0.1, 0.15) is 23.0 Å². The van der Waals surface area contributed by atoms with Gasteiger partial charge in [-0.3, -0.25) is 9.59 Å². The average Bonchev–Trinajstić information content (AvgIpc) is 2.48. The van der Waals surface area contributed by atoms with Crippen LogP contribution in [0.3, 0.4) is 0 Å². The predicted octanol–water partition coefficient (Wildman–Crippen LogP) is 1.64. The zero-order valence-electron chi connectivity index (χ0n) is 11.2. The van der Waals surface area contributed by atoms with Crippen LogP contribution < -0.4 is 4.74 Å². The number of rotatable bonds is 1. The molecule has 0 unspecified atom stereocenters. The van der Waals surface area contributed by atoms with E-state index < -0.39 is 63.0 Å². The van der Waals surface area contributed by atoms with E-state index in [1.807, 2.05) is 0 Å². The fourth-order valence-corrected chi connectivity index (χ4v) is 2.50. The van der Waals surface area contributed by atoms with Crippen LogP contribution in [-0.4, -0.2) is 38.1 Å². The molecule has 0 saturated heterocycles. The molecule has 0 spiro atoms. The van der Waals surface area contributed by atoms with Crippen molar-refractivity contribution in [3.8, 4) is 23.0 Å². The summed E-state index contributed by atoms with van der Waals surface area (Å²) >= 11 is 0. The van der Waals surface area contributed by atoms with Crippen molar-refractivity contribution in [2.75, 3.05) is 0 Å². The largest absolute Gasteiger partial charge is 0.511 e. The number of ether oxygens (including phenoxy) is 1. The van der Waals surface area contributed by atoms with Crippen LogP contribution in [0.4, 0.5) is 4.79 Å². The molecule has 0 fully saturated rings. The quantitative estimate of drug-likeness (QED) is 0.301. The molecule has 4 N–H and O–H groups in total. The van der Waals surface area contributed by atoms with Crippen molar-refractivity contribution < 1.29 is 39.5 Å². The molecule has 0 atom stereocenters. The summed E-state index contributed by atoms with van der Waals surface area (Å²) in [5, 5.41) is 38.2. The summed E-state index contributed by atoms with van der Waals surface area (Å²) in [6, 6.07) is 4.05. The number of carbonyl (C=O) groups excluding carboxylic acids is 2. The first-order chi connectivity index (χ1) is 10.8. The topological polar surface area (TPSA) is 141 Å². The number of ketones is 2. The van der Waals surface area contributed by atoms with E-state index in [9.17, 15) is 29.7 Å². The summed E-state index contributed by atoms with van der Waals surface area (Å²) in [5.41, 5.74) is -1.94. The molecule has 8 heteroatoms. The van der Waals surface area contributed by atoms with Crippen molar-refractivity contribution in [3.63, 3.8) is 0 Å². The second-order valence-electron chi connectivity index (χ2n) is 4.71. The molecule has 0 bridgehead atoms. The highest BCUT2D eigenvalue weighted by Gasteiger charge is 2.38. The maximum Gasteiger partial charge on any atom is 0.511 e. The molecule has 2 aromatic rings. The van der Waals surface area contributed by atoms with Gasteiger partial charge in [-0.2, -0.15) is 0 Å². The first-order valence-electron chi connectivity index (χ1n) is 6.24. The Morgan fingerprint density at radius 3 is 1.61 bits per heavy atom. The lowest BCUT2D eigenvalue weighted by atomic mass is 9.82. The van der Waals surface area contributed by atoms with Crippen molar-refractivity contribution in [2.45, 2.75) is 0 Å². The van der Waals surface area contributed by atoms with E-state index in [2.05, 4.69) is 4.74 Å². The van der Waals surface area contributed by atoms with Gasteiger partial charge in [0.15, 0.2) is 0 Å². The maximum absolute atomic E-state index is 12.6. The van der Waals surface area contributed by atoms with E-state index in [4.69, 9.17) is 5.11 Å². The second kappa shape index (κ2) is 4.73. The molecule has 2 aromatic carbocycles. The highest BCUT2D eigenvalue weighted by molar-refractivity contribution is 6.32. The molecular formula is C15H8O8.